The van der Waals surface area contributed by atoms with E-state index < -0.39 is 6.09 Å². The second-order valence-electron chi connectivity index (χ2n) is 3.44. The second-order valence-corrected chi connectivity index (χ2v) is 4.25. The van der Waals surface area contributed by atoms with Crippen molar-refractivity contribution in [3.05, 3.63) is 16.4 Å². The number of amides is 1. The standard InChI is InChI=1S/C9H12BrN3O3/c1-5(11-9(15)16)4-13-7(6(2)14)3-8(10)12-13/h3,5,11H,4H2,1-2H3,(H,15,16)/t5-/m1/s1. The zero-order valence-corrected chi connectivity index (χ0v) is 10.5. The van der Waals surface area contributed by atoms with Gasteiger partial charge in [-0.25, -0.2) is 4.79 Å². The molecule has 1 aromatic heterocycles. The van der Waals surface area contributed by atoms with Gasteiger partial charge in [0.05, 0.1) is 6.54 Å². The molecule has 88 valence electrons. The van der Waals surface area contributed by atoms with Gasteiger partial charge in [0.15, 0.2) is 5.78 Å². The first-order chi connectivity index (χ1) is 7.40. The van der Waals surface area contributed by atoms with Crippen molar-refractivity contribution in [2.24, 2.45) is 0 Å². The molecule has 1 amide bonds. The third kappa shape index (κ3) is 3.34. The number of hydrogen-bond acceptors (Lipinski definition) is 3. The number of nitrogens with zero attached hydrogens (tertiary/aromatic N) is 2. The van der Waals surface area contributed by atoms with Gasteiger partial charge in [0.25, 0.3) is 0 Å². The zero-order valence-electron chi connectivity index (χ0n) is 8.90. The maximum absolute atomic E-state index is 11.3. The highest BCUT2D eigenvalue weighted by Crippen LogP contribution is 2.11. The van der Waals surface area contributed by atoms with Crippen molar-refractivity contribution in [2.75, 3.05) is 0 Å². The first kappa shape index (κ1) is 12.7. The average molecular weight is 290 g/mol. The van der Waals surface area contributed by atoms with E-state index in [0.29, 0.717) is 16.8 Å². The number of ketones is 1. The second kappa shape index (κ2) is 5.11. The maximum Gasteiger partial charge on any atom is 0.404 e. The minimum atomic E-state index is -1.09. The summed E-state index contributed by atoms with van der Waals surface area (Å²) in [6.45, 7) is 3.45. The van der Waals surface area contributed by atoms with Gasteiger partial charge in [-0.2, -0.15) is 5.10 Å². The highest BCUT2D eigenvalue weighted by molar-refractivity contribution is 9.10. The molecule has 1 aromatic rings. The molecule has 0 aromatic carbocycles. The fourth-order valence-corrected chi connectivity index (χ4v) is 1.73. The Morgan fingerprint density at radius 1 is 1.69 bits per heavy atom. The van der Waals surface area contributed by atoms with Crippen LogP contribution in [0, 0.1) is 0 Å². The molecule has 0 aliphatic rings. The number of carboxylic acid groups (broad SMARTS) is 1. The van der Waals surface area contributed by atoms with E-state index in [4.69, 9.17) is 5.11 Å². The molecule has 0 aliphatic heterocycles. The minimum Gasteiger partial charge on any atom is -0.465 e. The van der Waals surface area contributed by atoms with Crippen molar-refractivity contribution in [1.82, 2.24) is 15.1 Å². The van der Waals surface area contributed by atoms with Crippen LogP contribution >= 0.6 is 15.9 Å². The number of carbonyl (C=O) groups excluding carboxylic acids is 1. The number of Topliss-reactive ketones (excluding diaryl/α,β-unsaturated/α-hetero) is 1. The molecule has 0 aliphatic carbocycles. The van der Waals surface area contributed by atoms with Crippen LogP contribution in [0.5, 0.6) is 0 Å². The molecule has 0 unspecified atom stereocenters. The van der Waals surface area contributed by atoms with E-state index in [1.54, 1.807) is 13.0 Å². The summed E-state index contributed by atoms with van der Waals surface area (Å²) in [5.41, 5.74) is 0.450. The fourth-order valence-electron chi connectivity index (χ4n) is 1.32. The largest absolute Gasteiger partial charge is 0.465 e. The summed E-state index contributed by atoms with van der Waals surface area (Å²) in [6, 6.07) is 1.29. The van der Waals surface area contributed by atoms with Crippen molar-refractivity contribution in [1.29, 1.82) is 0 Å². The summed E-state index contributed by atoms with van der Waals surface area (Å²) in [4.78, 5) is 21.7. The van der Waals surface area contributed by atoms with E-state index in [1.807, 2.05) is 0 Å². The summed E-state index contributed by atoms with van der Waals surface area (Å²) in [5, 5.41) is 14.9. The first-order valence-electron chi connectivity index (χ1n) is 4.64. The Bertz CT molecular complexity index is 416. The molecule has 0 saturated heterocycles. The van der Waals surface area contributed by atoms with E-state index >= 15 is 0 Å². The lowest BCUT2D eigenvalue weighted by atomic mass is 10.3. The molecule has 1 heterocycles. The Hall–Kier alpha value is -1.37. The lowest BCUT2D eigenvalue weighted by Crippen LogP contribution is -2.35. The van der Waals surface area contributed by atoms with Gasteiger partial charge >= 0.3 is 6.09 Å². The summed E-state index contributed by atoms with van der Waals surface area (Å²) in [6.07, 6.45) is -1.09. The Kier molecular flexibility index (Phi) is 4.05. The molecular formula is C9H12BrN3O3. The van der Waals surface area contributed by atoms with Crippen LogP contribution in [-0.4, -0.2) is 32.8 Å². The fraction of sp³-hybridized carbons (Fsp3) is 0.444. The molecule has 1 rings (SSSR count). The molecule has 0 fully saturated rings. The van der Waals surface area contributed by atoms with Gasteiger partial charge in [0.2, 0.25) is 0 Å². The van der Waals surface area contributed by atoms with Crippen LogP contribution < -0.4 is 5.32 Å². The third-order valence-corrected chi connectivity index (χ3v) is 2.32. The van der Waals surface area contributed by atoms with Crippen molar-refractivity contribution in [2.45, 2.75) is 26.4 Å². The molecule has 0 radical (unpaired) electrons. The zero-order chi connectivity index (χ0) is 12.3. The van der Waals surface area contributed by atoms with Crippen molar-refractivity contribution in [3.63, 3.8) is 0 Å². The number of aromatic nitrogens is 2. The van der Waals surface area contributed by atoms with Gasteiger partial charge in [-0.15, -0.1) is 0 Å². The normalized spacial score (nSPS) is 12.2. The van der Waals surface area contributed by atoms with Crippen molar-refractivity contribution >= 4 is 27.8 Å². The topological polar surface area (TPSA) is 84.2 Å². The van der Waals surface area contributed by atoms with Crippen LogP contribution in [0.3, 0.4) is 0 Å². The number of rotatable bonds is 4. The highest BCUT2D eigenvalue weighted by atomic mass is 79.9. The quantitative estimate of drug-likeness (QED) is 0.823. The van der Waals surface area contributed by atoms with Crippen molar-refractivity contribution < 1.29 is 14.7 Å². The van der Waals surface area contributed by atoms with Crippen LogP contribution in [0.4, 0.5) is 4.79 Å². The summed E-state index contributed by atoms with van der Waals surface area (Å²) >= 11 is 3.17. The number of halogens is 1. The van der Waals surface area contributed by atoms with Gasteiger partial charge in [0.1, 0.15) is 10.3 Å². The lowest BCUT2D eigenvalue weighted by molar-refractivity contribution is 0.100. The van der Waals surface area contributed by atoms with E-state index in [9.17, 15) is 9.59 Å². The smallest absolute Gasteiger partial charge is 0.404 e. The van der Waals surface area contributed by atoms with Crippen LogP contribution in [0.2, 0.25) is 0 Å². The molecule has 0 spiro atoms. The monoisotopic (exact) mass is 289 g/mol. The Morgan fingerprint density at radius 2 is 2.31 bits per heavy atom. The molecule has 16 heavy (non-hydrogen) atoms. The molecule has 2 N–H and O–H groups in total. The Morgan fingerprint density at radius 3 is 2.81 bits per heavy atom. The minimum absolute atomic E-state index is 0.110. The molecule has 0 bridgehead atoms. The average Bonchev–Trinajstić information content (AvgIpc) is 2.44. The molecular weight excluding hydrogens is 278 g/mol. The molecule has 7 heteroatoms. The van der Waals surface area contributed by atoms with Crippen LogP contribution in [0.1, 0.15) is 24.3 Å². The Balaban J connectivity index is 2.80. The van der Waals surface area contributed by atoms with Crippen molar-refractivity contribution in [3.8, 4) is 0 Å². The van der Waals surface area contributed by atoms with E-state index in [2.05, 4.69) is 26.3 Å². The number of hydrogen-bond donors (Lipinski definition) is 2. The highest BCUT2D eigenvalue weighted by Gasteiger charge is 2.13. The van der Waals surface area contributed by atoms with Gasteiger partial charge in [-0.05, 0) is 22.9 Å². The SMILES string of the molecule is CC(=O)c1cc(Br)nn1C[C@@H](C)NC(=O)O. The van der Waals surface area contributed by atoms with E-state index in [0.717, 1.165) is 0 Å². The lowest BCUT2D eigenvalue weighted by Gasteiger charge is -2.12. The third-order valence-electron chi connectivity index (χ3n) is 1.93. The van der Waals surface area contributed by atoms with E-state index in [-0.39, 0.29) is 11.8 Å². The van der Waals surface area contributed by atoms with Gasteiger partial charge in [-0.1, -0.05) is 0 Å². The maximum atomic E-state index is 11.3. The summed E-state index contributed by atoms with van der Waals surface area (Å²) < 4.78 is 2.03. The number of nitrogens with one attached hydrogen (secondary N) is 1. The molecule has 1 atom stereocenters. The molecule has 6 nitrogen and oxygen atoms in total. The first-order valence-corrected chi connectivity index (χ1v) is 5.43. The number of carbonyl (C=O) groups is 2. The van der Waals surface area contributed by atoms with Crippen LogP contribution in [0.15, 0.2) is 10.7 Å². The predicted octanol–water partition coefficient (Wildman–Crippen LogP) is 1.50. The predicted molar refractivity (Wildman–Crippen MR) is 60.6 cm³/mol. The van der Waals surface area contributed by atoms with Gasteiger partial charge in [-0.3, -0.25) is 9.48 Å². The van der Waals surface area contributed by atoms with Crippen LogP contribution in [-0.2, 0) is 6.54 Å². The summed E-state index contributed by atoms with van der Waals surface area (Å²) in [7, 11) is 0. The van der Waals surface area contributed by atoms with E-state index in [1.165, 1.54) is 11.6 Å². The van der Waals surface area contributed by atoms with Crippen LogP contribution in [0.25, 0.3) is 0 Å². The van der Waals surface area contributed by atoms with Gasteiger partial charge < -0.3 is 10.4 Å². The molecule has 0 saturated carbocycles. The Labute approximate surface area is 101 Å². The summed E-state index contributed by atoms with van der Waals surface area (Å²) in [5.74, 6) is -0.110. The van der Waals surface area contributed by atoms with Gasteiger partial charge in [0, 0.05) is 19.0 Å².